The summed E-state index contributed by atoms with van der Waals surface area (Å²) in [5, 5.41) is 0. The lowest BCUT2D eigenvalue weighted by molar-refractivity contribution is 1.02. The molecule has 0 amide bonds. The van der Waals surface area contributed by atoms with Crippen molar-refractivity contribution in [3.63, 3.8) is 0 Å². The Morgan fingerprint density at radius 1 is 0.386 bits per heavy atom. The van der Waals surface area contributed by atoms with E-state index in [2.05, 4.69) is 56.3 Å². The van der Waals surface area contributed by atoms with E-state index >= 15 is 0 Å². The predicted octanol–water partition coefficient (Wildman–Crippen LogP) is 7.14. The average molecular weight is 579 g/mol. The van der Waals surface area contributed by atoms with E-state index in [1.165, 1.54) is 0 Å². The van der Waals surface area contributed by atoms with Gasteiger partial charge in [0.1, 0.15) is 0 Å². The fourth-order valence-corrected chi connectivity index (χ4v) is 4.92. The second kappa shape index (κ2) is 14.4. The Balaban J connectivity index is 1.31. The summed E-state index contributed by atoms with van der Waals surface area (Å²) in [5.74, 6) is 0. The molecule has 0 saturated heterocycles. The van der Waals surface area contributed by atoms with Crippen LogP contribution in [0.2, 0.25) is 0 Å². The summed E-state index contributed by atoms with van der Waals surface area (Å²) in [7, 11) is 0. The molecule has 0 aliphatic carbocycles. The third-order valence-corrected chi connectivity index (χ3v) is 6.94. The maximum Gasteiger partial charge on any atom is 0.0640 e. The number of benzene rings is 2. The normalized spacial score (nSPS) is 12.1. The van der Waals surface area contributed by atoms with E-state index in [0.717, 1.165) is 56.2 Å². The molecule has 4 heterocycles. The maximum absolute atomic E-state index is 4.70. The van der Waals surface area contributed by atoms with Crippen LogP contribution in [0, 0.1) is 0 Å². The van der Waals surface area contributed by atoms with Gasteiger partial charge in [-0.2, -0.15) is 0 Å². The molecular formula is C36H34N8. The lowest BCUT2D eigenvalue weighted by atomic mass is 9.96. The number of hydrogen-bond donors (Lipinski definition) is 4. The van der Waals surface area contributed by atoms with Crippen molar-refractivity contribution in [1.29, 1.82) is 0 Å². The summed E-state index contributed by atoms with van der Waals surface area (Å²) in [4.78, 5) is 31.5. The van der Waals surface area contributed by atoms with Crippen LogP contribution in [0.4, 0.5) is 0 Å². The van der Waals surface area contributed by atoms with Gasteiger partial charge in [0.15, 0.2) is 0 Å². The molecule has 218 valence electrons. The minimum absolute atomic E-state index is 0.563. The van der Waals surface area contributed by atoms with Gasteiger partial charge in [-0.1, -0.05) is 12.1 Å². The van der Waals surface area contributed by atoms with Gasteiger partial charge in [0.05, 0.1) is 49.0 Å². The second-order valence-corrected chi connectivity index (χ2v) is 10.5. The number of nitrogens with one attached hydrogen (secondary N) is 4. The van der Waals surface area contributed by atoms with Crippen LogP contribution in [0.1, 0.15) is 45.0 Å². The van der Waals surface area contributed by atoms with Crippen LogP contribution in [0.25, 0.3) is 11.1 Å². The standard InChI is InChI=1S/C36H34N8/c1-5-33(41-9-1)23-37-19-27-13-28(20-38-24-34-6-2-10-42-34)16-31(15-27)32-17-29(21-39-25-35-7-3-11-43-35)14-30(18-32)22-40-26-36-8-4-12-44-36/h1-18,23-26,41-44H,19-22H2. The van der Waals surface area contributed by atoms with E-state index < -0.39 is 0 Å². The van der Waals surface area contributed by atoms with Gasteiger partial charge in [-0.05, 0) is 106 Å². The molecule has 0 spiro atoms. The van der Waals surface area contributed by atoms with Gasteiger partial charge in [0, 0.05) is 49.6 Å². The summed E-state index contributed by atoms with van der Waals surface area (Å²) < 4.78 is 0. The topological polar surface area (TPSA) is 113 Å². The molecule has 6 aromatic rings. The highest BCUT2D eigenvalue weighted by molar-refractivity contribution is 5.78. The van der Waals surface area contributed by atoms with E-state index in [1.807, 2.05) is 98.2 Å². The minimum Gasteiger partial charge on any atom is -0.360 e. The van der Waals surface area contributed by atoms with E-state index in [9.17, 15) is 0 Å². The van der Waals surface area contributed by atoms with E-state index in [0.29, 0.717) is 26.2 Å². The van der Waals surface area contributed by atoms with Crippen molar-refractivity contribution in [3.8, 4) is 11.1 Å². The van der Waals surface area contributed by atoms with Crippen LogP contribution in [-0.4, -0.2) is 44.8 Å². The molecule has 0 fully saturated rings. The zero-order valence-electron chi connectivity index (χ0n) is 24.3. The average Bonchev–Trinajstić information content (AvgIpc) is 3.86. The summed E-state index contributed by atoms with van der Waals surface area (Å²) in [5.41, 5.74) is 10.6. The Labute approximate surface area is 256 Å². The molecule has 6 rings (SSSR count). The molecule has 0 unspecified atom stereocenters. The van der Waals surface area contributed by atoms with Gasteiger partial charge in [-0.15, -0.1) is 0 Å². The maximum atomic E-state index is 4.70. The molecule has 0 radical (unpaired) electrons. The molecular weight excluding hydrogens is 544 g/mol. The summed E-state index contributed by atoms with van der Waals surface area (Å²) >= 11 is 0. The first kappa shape index (κ1) is 28.4. The molecule has 44 heavy (non-hydrogen) atoms. The van der Waals surface area contributed by atoms with Crippen LogP contribution in [-0.2, 0) is 26.2 Å². The highest BCUT2D eigenvalue weighted by atomic mass is 14.8. The number of aliphatic imine (C=N–C) groups is 4. The molecule has 4 aromatic heterocycles. The Hall–Kier alpha value is -5.76. The summed E-state index contributed by atoms with van der Waals surface area (Å²) in [6.45, 7) is 2.25. The van der Waals surface area contributed by atoms with Gasteiger partial charge in [-0.25, -0.2) is 0 Å². The zero-order chi connectivity index (χ0) is 29.8. The van der Waals surface area contributed by atoms with Crippen LogP contribution in [0.3, 0.4) is 0 Å². The van der Waals surface area contributed by atoms with Crippen LogP contribution < -0.4 is 0 Å². The number of rotatable bonds is 13. The fraction of sp³-hybridized carbons (Fsp3) is 0.111. The summed E-state index contributed by atoms with van der Waals surface area (Å²) in [6, 6.07) is 29.1. The van der Waals surface area contributed by atoms with Crippen LogP contribution >= 0.6 is 0 Å². The Morgan fingerprint density at radius 2 is 0.659 bits per heavy atom. The second-order valence-electron chi connectivity index (χ2n) is 10.5. The van der Waals surface area contributed by atoms with Gasteiger partial charge in [0.2, 0.25) is 0 Å². The number of aromatic amines is 4. The number of nitrogens with zero attached hydrogens (tertiary/aromatic N) is 4. The SMILES string of the molecule is C(=NCc1cc(CN=Cc2ccc[nH]2)cc(-c2cc(CN=Cc3ccc[nH]3)cc(CN=Cc3ccc[nH]3)c2)c1)c1ccc[nH]1. The van der Waals surface area contributed by atoms with Crippen LogP contribution in [0.15, 0.2) is 130 Å². The lowest BCUT2D eigenvalue weighted by Crippen LogP contribution is -1.95. The molecule has 0 saturated carbocycles. The predicted molar refractivity (Wildman–Crippen MR) is 180 cm³/mol. The smallest absolute Gasteiger partial charge is 0.0640 e. The van der Waals surface area contributed by atoms with Crippen molar-refractivity contribution in [3.05, 3.63) is 155 Å². The quantitative estimate of drug-likeness (QED) is 0.104. The zero-order valence-corrected chi connectivity index (χ0v) is 24.3. The molecule has 4 N–H and O–H groups in total. The van der Waals surface area contributed by atoms with Gasteiger partial charge < -0.3 is 19.9 Å². The third-order valence-electron chi connectivity index (χ3n) is 6.94. The van der Waals surface area contributed by atoms with Gasteiger partial charge in [-0.3, -0.25) is 20.0 Å². The highest BCUT2D eigenvalue weighted by Gasteiger charge is 2.08. The first-order valence-electron chi connectivity index (χ1n) is 14.6. The van der Waals surface area contributed by atoms with Crippen molar-refractivity contribution in [1.82, 2.24) is 19.9 Å². The summed E-state index contributed by atoms with van der Waals surface area (Å²) in [6.07, 6.45) is 15.1. The number of hydrogen-bond acceptors (Lipinski definition) is 4. The first-order valence-corrected chi connectivity index (χ1v) is 14.6. The number of aromatic nitrogens is 4. The van der Waals surface area contributed by atoms with Gasteiger partial charge >= 0.3 is 0 Å². The Bertz CT molecular complexity index is 1570. The van der Waals surface area contributed by atoms with Crippen LogP contribution in [0.5, 0.6) is 0 Å². The van der Waals surface area contributed by atoms with Crippen molar-refractivity contribution >= 4 is 24.9 Å². The minimum atomic E-state index is 0.563. The highest BCUT2D eigenvalue weighted by Crippen LogP contribution is 2.27. The van der Waals surface area contributed by atoms with E-state index in [-0.39, 0.29) is 0 Å². The van der Waals surface area contributed by atoms with Gasteiger partial charge in [0.25, 0.3) is 0 Å². The molecule has 0 bridgehead atoms. The number of H-pyrrole nitrogens is 4. The molecule has 0 atom stereocenters. The molecule has 0 aliphatic heterocycles. The molecule has 2 aromatic carbocycles. The largest absolute Gasteiger partial charge is 0.360 e. The Morgan fingerprint density at radius 3 is 0.886 bits per heavy atom. The lowest BCUT2D eigenvalue weighted by Gasteiger charge is -2.12. The monoisotopic (exact) mass is 578 g/mol. The van der Waals surface area contributed by atoms with E-state index in [4.69, 9.17) is 20.0 Å². The molecule has 8 heteroatoms. The fourth-order valence-electron chi connectivity index (χ4n) is 4.92. The Kier molecular flexibility index (Phi) is 9.30. The van der Waals surface area contributed by atoms with Crippen molar-refractivity contribution < 1.29 is 0 Å². The van der Waals surface area contributed by atoms with Crippen molar-refractivity contribution in [2.24, 2.45) is 20.0 Å². The molecule has 8 nitrogen and oxygen atoms in total. The third kappa shape index (κ3) is 8.17. The van der Waals surface area contributed by atoms with Crippen molar-refractivity contribution in [2.75, 3.05) is 0 Å². The first-order chi connectivity index (χ1) is 21.8. The van der Waals surface area contributed by atoms with Crippen molar-refractivity contribution in [2.45, 2.75) is 26.2 Å². The molecule has 0 aliphatic rings. The van der Waals surface area contributed by atoms with E-state index in [1.54, 1.807) is 0 Å².